The van der Waals surface area contributed by atoms with Crippen molar-refractivity contribution in [3.63, 3.8) is 0 Å². The lowest BCUT2D eigenvalue weighted by Gasteiger charge is -2.33. The van der Waals surface area contributed by atoms with Crippen molar-refractivity contribution in [1.82, 2.24) is 0 Å². The van der Waals surface area contributed by atoms with Crippen LogP contribution in [0.3, 0.4) is 0 Å². The van der Waals surface area contributed by atoms with Gasteiger partial charge in [-0.3, -0.25) is 0 Å². The Morgan fingerprint density at radius 3 is 2.86 bits per heavy atom. The average Bonchev–Trinajstić information content (AvgIpc) is 2.52. The number of rotatable bonds is 3. The number of benzene rings is 1. The van der Waals surface area contributed by atoms with Crippen LogP contribution in [0.5, 0.6) is 0 Å². The molecule has 0 bridgehead atoms. The Bertz CT molecular complexity index is 538. The van der Waals surface area contributed by atoms with Gasteiger partial charge in [0.1, 0.15) is 0 Å². The Kier molecular flexibility index (Phi) is 5.55. The van der Waals surface area contributed by atoms with Gasteiger partial charge < -0.3 is 14.7 Å². The van der Waals surface area contributed by atoms with E-state index in [1.807, 2.05) is 0 Å². The third kappa shape index (κ3) is 3.92. The summed E-state index contributed by atoms with van der Waals surface area (Å²) >= 11 is 3.57. The van der Waals surface area contributed by atoms with Crippen LogP contribution < -0.4 is 4.90 Å². The topological polar surface area (TPSA) is 32.7 Å². The van der Waals surface area contributed by atoms with Gasteiger partial charge in [-0.15, -0.1) is 0 Å². The third-order valence-electron chi connectivity index (χ3n) is 4.64. The van der Waals surface area contributed by atoms with E-state index < -0.39 is 0 Å². The van der Waals surface area contributed by atoms with Crippen LogP contribution in [0, 0.1) is 5.92 Å². The van der Waals surface area contributed by atoms with Crippen LogP contribution in [-0.4, -0.2) is 38.0 Å². The molecule has 22 heavy (non-hydrogen) atoms. The molecule has 0 aromatic heterocycles. The SMILES string of the molecule is OC/C1=C/c2cc(Br)ccc2N(CC2CCOCC2)CCC1. The second kappa shape index (κ2) is 7.62. The van der Waals surface area contributed by atoms with E-state index in [9.17, 15) is 5.11 Å². The lowest BCUT2D eigenvalue weighted by molar-refractivity contribution is 0.0682. The predicted octanol–water partition coefficient (Wildman–Crippen LogP) is 3.85. The van der Waals surface area contributed by atoms with Gasteiger partial charge in [0.15, 0.2) is 0 Å². The summed E-state index contributed by atoms with van der Waals surface area (Å²) in [5.74, 6) is 0.728. The Balaban J connectivity index is 1.86. The molecule has 4 heteroatoms. The normalized spacial score (nSPS) is 22.5. The standard InChI is InChI=1S/C18H24BrNO2/c19-17-3-4-18-16(11-17)10-15(13-21)2-1-7-20(18)12-14-5-8-22-9-6-14/h3-4,10-11,14,21H,1-2,5-9,12-13H2/b15-10+. The molecule has 1 fully saturated rings. The summed E-state index contributed by atoms with van der Waals surface area (Å²) in [5.41, 5.74) is 3.63. The zero-order valence-electron chi connectivity index (χ0n) is 12.9. The molecule has 0 amide bonds. The Morgan fingerprint density at radius 2 is 2.09 bits per heavy atom. The van der Waals surface area contributed by atoms with Crippen molar-refractivity contribution < 1.29 is 9.84 Å². The second-order valence-corrected chi connectivity index (χ2v) is 7.18. The van der Waals surface area contributed by atoms with E-state index in [1.54, 1.807) is 0 Å². The van der Waals surface area contributed by atoms with Crippen molar-refractivity contribution in [3.05, 3.63) is 33.8 Å². The molecular formula is C18H24BrNO2. The number of nitrogens with zero attached hydrogens (tertiary/aromatic N) is 1. The van der Waals surface area contributed by atoms with Gasteiger partial charge in [0.25, 0.3) is 0 Å². The molecular weight excluding hydrogens is 342 g/mol. The summed E-state index contributed by atoms with van der Waals surface area (Å²) in [7, 11) is 0. The molecule has 1 aromatic carbocycles. The van der Waals surface area contributed by atoms with Crippen LogP contribution >= 0.6 is 15.9 Å². The lowest BCUT2D eigenvalue weighted by atomic mass is 9.97. The monoisotopic (exact) mass is 365 g/mol. The van der Waals surface area contributed by atoms with Gasteiger partial charge in [0.2, 0.25) is 0 Å². The zero-order valence-corrected chi connectivity index (χ0v) is 14.5. The van der Waals surface area contributed by atoms with Crippen molar-refractivity contribution >= 4 is 27.7 Å². The molecule has 0 unspecified atom stereocenters. The highest BCUT2D eigenvalue weighted by Crippen LogP contribution is 2.31. The first-order valence-corrected chi connectivity index (χ1v) is 8.98. The highest BCUT2D eigenvalue weighted by atomic mass is 79.9. The molecule has 3 rings (SSSR count). The Labute approximate surface area is 141 Å². The minimum Gasteiger partial charge on any atom is -0.392 e. The van der Waals surface area contributed by atoms with Crippen LogP contribution in [0.25, 0.3) is 6.08 Å². The number of fused-ring (bicyclic) bond motifs is 1. The number of ether oxygens (including phenoxy) is 1. The van der Waals surface area contributed by atoms with E-state index in [2.05, 4.69) is 45.1 Å². The minimum atomic E-state index is 0.159. The van der Waals surface area contributed by atoms with E-state index in [0.29, 0.717) is 0 Å². The van der Waals surface area contributed by atoms with Crippen molar-refractivity contribution in [2.24, 2.45) is 5.92 Å². The maximum Gasteiger partial charge on any atom is 0.0645 e. The largest absolute Gasteiger partial charge is 0.392 e. The molecule has 0 aliphatic carbocycles. The van der Waals surface area contributed by atoms with Gasteiger partial charge in [-0.1, -0.05) is 22.0 Å². The summed E-state index contributed by atoms with van der Waals surface area (Å²) in [6.07, 6.45) is 6.58. The zero-order chi connectivity index (χ0) is 15.4. The molecule has 3 nitrogen and oxygen atoms in total. The molecule has 2 aliphatic rings. The summed E-state index contributed by atoms with van der Waals surface area (Å²) in [4.78, 5) is 2.53. The Morgan fingerprint density at radius 1 is 1.27 bits per heavy atom. The number of halogens is 1. The molecule has 0 saturated carbocycles. The molecule has 2 aliphatic heterocycles. The average molecular weight is 366 g/mol. The van der Waals surface area contributed by atoms with E-state index in [0.717, 1.165) is 55.1 Å². The molecule has 1 aromatic rings. The summed E-state index contributed by atoms with van der Waals surface area (Å²) < 4.78 is 6.57. The Hall–Kier alpha value is -0.840. The lowest BCUT2D eigenvalue weighted by Crippen LogP contribution is -2.34. The molecule has 1 N–H and O–H groups in total. The van der Waals surface area contributed by atoms with Gasteiger partial charge >= 0.3 is 0 Å². The first kappa shape index (κ1) is 16.0. The molecule has 0 radical (unpaired) electrons. The van der Waals surface area contributed by atoms with Gasteiger partial charge in [-0.2, -0.15) is 0 Å². The smallest absolute Gasteiger partial charge is 0.0645 e. The van der Waals surface area contributed by atoms with E-state index in [4.69, 9.17) is 4.74 Å². The maximum absolute atomic E-state index is 9.52. The number of aliphatic hydroxyl groups is 1. The number of hydrogen-bond donors (Lipinski definition) is 1. The molecule has 1 saturated heterocycles. The van der Waals surface area contributed by atoms with Crippen molar-refractivity contribution in [2.45, 2.75) is 25.7 Å². The fourth-order valence-corrected chi connectivity index (χ4v) is 3.77. The highest BCUT2D eigenvalue weighted by molar-refractivity contribution is 9.10. The highest BCUT2D eigenvalue weighted by Gasteiger charge is 2.20. The fraction of sp³-hybridized carbons (Fsp3) is 0.556. The molecule has 0 atom stereocenters. The van der Waals surface area contributed by atoms with E-state index >= 15 is 0 Å². The van der Waals surface area contributed by atoms with Crippen LogP contribution in [0.4, 0.5) is 5.69 Å². The molecule has 0 spiro atoms. The van der Waals surface area contributed by atoms with Crippen LogP contribution in [0.1, 0.15) is 31.2 Å². The van der Waals surface area contributed by atoms with Crippen LogP contribution in [0.15, 0.2) is 28.2 Å². The quantitative estimate of drug-likeness (QED) is 0.882. The van der Waals surface area contributed by atoms with Gasteiger partial charge in [-0.25, -0.2) is 0 Å². The molecule has 120 valence electrons. The third-order valence-corrected chi connectivity index (χ3v) is 5.13. The summed E-state index contributed by atoms with van der Waals surface area (Å²) in [6, 6.07) is 6.48. The van der Waals surface area contributed by atoms with Gasteiger partial charge in [0, 0.05) is 36.5 Å². The number of hydrogen-bond acceptors (Lipinski definition) is 3. The summed E-state index contributed by atoms with van der Waals surface area (Å²) in [6.45, 7) is 4.13. The first-order valence-electron chi connectivity index (χ1n) is 8.19. The minimum absolute atomic E-state index is 0.159. The van der Waals surface area contributed by atoms with Gasteiger partial charge in [-0.05, 0) is 60.9 Å². The predicted molar refractivity (Wildman–Crippen MR) is 94.2 cm³/mol. The second-order valence-electron chi connectivity index (χ2n) is 6.27. The van der Waals surface area contributed by atoms with Crippen molar-refractivity contribution in [2.75, 3.05) is 37.8 Å². The van der Waals surface area contributed by atoms with Crippen molar-refractivity contribution in [1.29, 1.82) is 0 Å². The van der Waals surface area contributed by atoms with E-state index in [1.165, 1.54) is 24.1 Å². The number of anilines is 1. The van der Waals surface area contributed by atoms with Gasteiger partial charge in [0.05, 0.1) is 6.61 Å². The maximum atomic E-state index is 9.52. The van der Waals surface area contributed by atoms with Crippen molar-refractivity contribution in [3.8, 4) is 0 Å². The fourth-order valence-electron chi connectivity index (χ4n) is 3.39. The number of aliphatic hydroxyl groups excluding tert-OH is 1. The summed E-state index contributed by atoms with van der Waals surface area (Å²) in [5, 5.41) is 9.52. The van der Waals surface area contributed by atoms with Crippen LogP contribution in [-0.2, 0) is 4.74 Å². The molecule has 2 heterocycles. The van der Waals surface area contributed by atoms with E-state index in [-0.39, 0.29) is 6.61 Å². The van der Waals surface area contributed by atoms with Crippen LogP contribution in [0.2, 0.25) is 0 Å². The first-order chi connectivity index (χ1) is 10.8.